The minimum atomic E-state index is 0.0772. The number of hydroxylamine groups is 3. The third-order valence-corrected chi connectivity index (χ3v) is 6.17. The molecule has 4 heteroatoms. The topological polar surface area (TPSA) is 43.4 Å². The average molecular weight is 264 g/mol. The highest BCUT2D eigenvalue weighted by Crippen LogP contribution is 2.46. The molecule has 0 aliphatic carbocycles. The van der Waals surface area contributed by atoms with Crippen LogP contribution in [0.4, 0.5) is 0 Å². The maximum absolute atomic E-state index is 13.1. The lowest BCUT2D eigenvalue weighted by Crippen LogP contribution is -2.69. The quantitative estimate of drug-likeness (QED) is 0.495. The highest BCUT2D eigenvalue weighted by molar-refractivity contribution is 5.77. The number of rotatable bonds is 0. The van der Waals surface area contributed by atoms with Crippen molar-refractivity contribution in [2.75, 3.05) is 19.6 Å². The second-order valence-corrected chi connectivity index (χ2v) is 7.18. The van der Waals surface area contributed by atoms with Crippen LogP contribution in [0.5, 0.6) is 0 Å². The monoisotopic (exact) mass is 264 g/mol. The first-order chi connectivity index (χ1) is 9.17. The fourth-order valence-electron chi connectivity index (χ4n) is 5.40. The molecule has 2 bridgehead atoms. The van der Waals surface area contributed by atoms with Crippen LogP contribution in [-0.4, -0.2) is 47.2 Å². The van der Waals surface area contributed by atoms with Gasteiger partial charge in [0.15, 0.2) is 0 Å². The standard InChI is InChI=1S/C15H24N2O2/c18-15-6-3-4-13-12-8-11(9-16(13)15)14-5-1-2-7-17(14,19)10-12/h11-14H,1-10H2/t11-,12-,13-,14-,17?/m0/s1. The fraction of sp³-hybridized carbons (Fsp3) is 0.933. The van der Waals surface area contributed by atoms with Gasteiger partial charge < -0.3 is 14.8 Å². The lowest BCUT2D eigenvalue weighted by atomic mass is 9.70. The van der Waals surface area contributed by atoms with Gasteiger partial charge in [0, 0.05) is 37.3 Å². The predicted molar refractivity (Wildman–Crippen MR) is 71.9 cm³/mol. The Kier molecular flexibility index (Phi) is 2.68. The van der Waals surface area contributed by atoms with Crippen molar-refractivity contribution < 1.29 is 9.44 Å². The van der Waals surface area contributed by atoms with Crippen molar-refractivity contribution in [1.82, 2.24) is 4.90 Å². The molecule has 0 aromatic carbocycles. The average Bonchev–Trinajstić information content (AvgIpc) is 2.39. The van der Waals surface area contributed by atoms with Gasteiger partial charge in [-0.15, -0.1) is 0 Å². The number of nitrogens with zero attached hydrogens (tertiary/aromatic N) is 2. The van der Waals surface area contributed by atoms with Crippen molar-refractivity contribution in [2.24, 2.45) is 11.8 Å². The molecule has 4 fully saturated rings. The Hall–Kier alpha value is -0.610. The first-order valence-electron chi connectivity index (χ1n) is 8.05. The number of carbonyl (C=O) groups is 1. The van der Waals surface area contributed by atoms with Crippen molar-refractivity contribution in [3.05, 3.63) is 5.21 Å². The van der Waals surface area contributed by atoms with E-state index in [9.17, 15) is 10.0 Å². The Labute approximate surface area is 114 Å². The van der Waals surface area contributed by atoms with E-state index in [1.54, 1.807) is 0 Å². The second kappa shape index (κ2) is 4.19. The molecule has 0 aromatic rings. The maximum Gasteiger partial charge on any atom is 0.222 e. The van der Waals surface area contributed by atoms with E-state index in [0.717, 1.165) is 51.7 Å². The summed E-state index contributed by atoms with van der Waals surface area (Å²) in [5, 5.41) is 13.1. The van der Waals surface area contributed by atoms with Gasteiger partial charge in [0.1, 0.15) is 0 Å². The molecule has 0 N–H and O–H groups in total. The lowest BCUT2D eigenvalue weighted by Gasteiger charge is -2.63. The van der Waals surface area contributed by atoms with Gasteiger partial charge in [-0.25, -0.2) is 0 Å². The molecular formula is C15H24N2O2. The van der Waals surface area contributed by atoms with Crippen LogP contribution in [0.25, 0.3) is 0 Å². The van der Waals surface area contributed by atoms with Crippen LogP contribution in [-0.2, 0) is 4.79 Å². The summed E-state index contributed by atoms with van der Waals surface area (Å²) in [5.41, 5.74) is 0. The van der Waals surface area contributed by atoms with Crippen molar-refractivity contribution in [2.45, 2.75) is 57.0 Å². The van der Waals surface area contributed by atoms with E-state index in [0.29, 0.717) is 29.8 Å². The normalized spacial score (nSPS) is 49.5. The van der Waals surface area contributed by atoms with Gasteiger partial charge >= 0.3 is 0 Å². The van der Waals surface area contributed by atoms with Gasteiger partial charge in [0.25, 0.3) is 0 Å². The van der Waals surface area contributed by atoms with E-state index in [1.165, 1.54) is 12.8 Å². The second-order valence-electron chi connectivity index (χ2n) is 7.18. The van der Waals surface area contributed by atoms with E-state index in [4.69, 9.17) is 0 Å². The molecule has 4 aliphatic heterocycles. The first-order valence-corrected chi connectivity index (χ1v) is 8.05. The molecule has 0 radical (unpaired) electrons. The minimum Gasteiger partial charge on any atom is -0.633 e. The van der Waals surface area contributed by atoms with Crippen LogP contribution >= 0.6 is 0 Å². The van der Waals surface area contributed by atoms with Crippen molar-refractivity contribution in [1.29, 1.82) is 0 Å². The van der Waals surface area contributed by atoms with E-state index < -0.39 is 0 Å². The van der Waals surface area contributed by atoms with Gasteiger partial charge in [-0.2, -0.15) is 0 Å². The summed E-state index contributed by atoms with van der Waals surface area (Å²) >= 11 is 0. The van der Waals surface area contributed by atoms with E-state index >= 15 is 0 Å². The number of amides is 1. The maximum atomic E-state index is 13.1. The molecule has 19 heavy (non-hydrogen) atoms. The molecule has 4 aliphatic rings. The number of piperidine rings is 4. The Morgan fingerprint density at radius 3 is 2.95 bits per heavy atom. The molecule has 106 valence electrons. The Bertz CT molecular complexity index is 400. The van der Waals surface area contributed by atoms with Crippen LogP contribution in [0.2, 0.25) is 0 Å². The molecule has 0 spiro atoms. The van der Waals surface area contributed by atoms with Gasteiger partial charge in [-0.3, -0.25) is 4.79 Å². The van der Waals surface area contributed by atoms with E-state index in [2.05, 4.69) is 4.90 Å². The first kappa shape index (κ1) is 12.2. The zero-order valence-corrected chi connectivity index (χ0v) is 11.6. The van der Waals surface area contributed by atoms with E-state index in [1.807, 2.05) is 0 Å². The molecule has 4 rings (SSSR count). The van der Waals surface area contributed by atoms with E-state index in [-0.39, 0.29) is 4.65 Å². The Morgan fingerprint density at radius 2 is 2.05 bits per heavy atom. The number of quaternary nitrogens is 1. The largest absolute Gasteiger partial charge is 0.633 e. The van der Waals surface area contributed by atoms with Gasteiger partial charge in [0.2, 0.25) is 5.91 Å². The lowest BCUT2D eigenvalue weighted by molar-refractivity contribution is -0.925. The van der Waals surface area contributed by atoms with Crippen LogP contribution in [0.15, 0.2) is 0 Å². The number of hydrogen-bond acceptors (Lipinski definition) is 2. The molecule has 5 atom stereocenters. The summed E-state index contributed by atoms with van der Waals surface area (Å²) in [6.07, 6.45) is 7.52. The number of hydrogen-bond donors (Lipinski definition) is 0. The predicted octanol–water partition coefficient (Wildman–Crippen LogP) is 1.88. The van der Waals surface area contributed by atoms with Gasteiger partial charge in [-0.1, -0.05) is 0 Å². The van der Waals surface area contributed by atoms with Gasteiger partial charge in [-0.05, 0) is 32.1 Å². The number of carbonyl (C=O) groups excluding carboxylic acids is 1. The summed E-state index contributed by atoms with van der Waals surface area (Å²) in [6.45, 7) is 2.50. The molecule has 0 saturated carbocycles. The molecule has 1 amide bonds. The smallest absolute Gasteiger partial charge is 0.222 e. The summed E-state index contributed by atoms with van der Waals surface area (Å²) in [6, 6.07) is 0.685. The van der Waals surface area contributed by atoms with Crippen molar-refractivity contribution >= 4 is 5.91 Å². The van der Waals surface area contributed by atoms with Crippen LogP contribution in [0.1, 0.15) is 44.9 Å². The van der Waals surface area contributed by atoms with Crippen LogP contribution < -0.4 is 0 Å². The molecule has 0 aromatic heterocycles. The molecular weight excluding hydrogens is 240 g/mol. The molecule has 1 unspecified atom stereocenters. The highest BCUT2D eigenvalue weighted by Gasteiger charge is 2.52. The number of fused-ring (bicyclic) bond motifs is 6. The molecule has 4 heterocycles. The van der Waals surface area contributed by atoms with Crippen molar-refractivity contribution in [3.8, 4) is 0 Å². The summed E-state index contributed by atoms with van der Waals surface area (Å²) in [4.78, 5) is 14.3. The fourth-order valence-corrected chi connectivity index (χ4v) is 5.40. The minimum absolute atomic E-state index is 0.0772. The third kappa shape index (κ3) is 1.76. The zero-order chi connectivity index (χ0) is 13.0. The summed E-state index contributed by atoms with van der Waals surface area (Å²) in [7, 11) is 0. The SMILES string of the molecule is O=C1CCC[C@H]2[C@H]3C[C@@H](CN12)[C@@H]1CCCC[N+]1([O-])C3. The highest BCUT2D eigenvalue weighted by atomic mass is 16.5. The van der Waals surface area contributed by atoms with Crippen LogP contribution in [0, 0.1) is 17.0 Å². The van der Waals surface area contributed by atoms with Crippen LogP contribution in [0.3, 0.4) is 0 Å². The molecule has 4 saturated heterocycles. The Morgan fingerprint density at radius 1 is 1.16 bits per heavy atom. The summed E-state index contributed by atoms with van der Waals surface area (Å²) < 4.78 is 0.0772. The zero-order valence-electron chi connectivity index (χ0n) is 11.6. The summed E-state index contributed by atoms with van der Waals surface area (Å²) in [5.74, 6) is 1.32. The molecule has 4 nitrogen and oxygen atoms in total. The Balaban J connectivity index is 1.64. The third-order valence-electron chi connectivity index (χ3n) is 6.17. The van der Waals surface area contributed by atoms with Crippen molar-refractivity contribution in [3.63, 3.8) is 0 Å². The van der Waals surface area contributed by atoms with Gasteiger partial charge in [0.05, 0.1) is 19.1 Å².